The fourth-order valence-electron chi connectivity index (χ4n) is 6.53. The number of nitrogens with zero attached hydrogens (tertiary/aromatic N) is 2. The first-order valence-corrected chi connectivity index (χ1v) is 17.5. The molecule has 0 aliphatic carbocycles. The predicted molar refractivity (Wildman–Crippen MR) is 206 cm³/mol. The molecule has 4 amide bonds. The molecule has 0 spiro atoms. The van der Waals surface area contributed by atoms with Crippen LogP contribution in [0.15, 0.2) is 127 Å². The largest absolute Gasteiger partial charge is 0.465 e. The summed E-state index contributed by atoms with van der Waals surface area (Å²) in [4.78, 5) is 55.0. The quantitative estimate of drug-likeness (QED) is 0.127. The zero-order valence-corrected chi connectivity index (χ0v) is 31.4. The number of anilines is 1. The summed E-state index contributed by atoms with van der Waals surface area (Å²) in [6, 6.07) is 27.9. The highest BCUT2D eigenvalue weighted by molar-refractivity contribution is 6.34. The third kappa shape index (κ3) is 6.97. The van der Waals surface area contributed by atoms with Gasteiger partial charge in [-0.05, 0) is 104 Å². The Balaban J connectivity index is 1.11. The van der Waals surface area contributed by atoms with Crippen molar-refractivity contribution in [3.63, 3.8) is 0 Å². The minimum Gasteiger partial charge on any atom is -0.465 e. The van der Waals surface area contributed by atoms with Crippen molar-refractivity contribution in [3.05, 3.63) is 155 Å². The van der Waals surface area contributed by atoms with Gasteiger partial charge in [0.1, 0.15) is 17.2 Å². The molecular formula is C45H44N2O6. The summed E-state index contributed by atoms with van der Waals surface area (Å²) in [6.07, 6.45) is 4.32. The van der Waals surface area contributed by atoms with Gasteiger partial charge in [0.15, 0.2) is 0 Å². The highest BCUT2D eigenvalue weighted by Gasteiger charge is 2.42. The van der Waals surface area contributed by atoms with Crippen LogP contribution in [-0.4, -0.2) is 34.1 Å². The van der Waals surface area contributed by atoms with E-state index in [1.54, 1.807) is 24.3 Å². The summed E-state index contributed by atoms with van der Waals surface area (Å²) in [6.45, 7) is 19.8. The summed E-state index contributed by atoms with van der Waals surface area (Å²) >= 11 is 0. The van der Waals surface area contributed by atoms with Crippen LogP contribution in [-0.2, 0) is 20.4 Å². The molecule has 0 bridgehead atoms. The number of ether oxygens (including phenoxy) is 2. The van der Waals surface area contributed by atoms with Crippen molar-refractivity contribution in [3.8, 4) is 17.2 Å². The van der Waals surface area contributed by atoms with E-state index in [4.69, 9.17) is 9.47 Å². The molecule has 6 rings (SSSR count). The maximum absolute atomic E-state index is 13.5. The van der Waals surface area contributed by atoms with Crippen molar-refractivity contribution in [1.29, 1.82) is 0 Å². The van der Waals surface area contributed by atoms with E-state index in [0.717, 1.165) is 16.7 Å². The summed E-state index contributed by atoms with van der Waals surface area (Å²) in [5, 5.41) is 0. The van der Waals surface area contributed by atoms with Crippen molar-refractivity contribution < 1.29 is 28.7 Å². The van der Waals surface area contributed by atoms with E-state index < -0.39 is 17.4 Å². The Morgan fingerprint density at radius 2 is 1.15 bits per heavy atom. The molecule has 0 unspecified atom stereocenters. The Hall–Kier alpha value is -6.02. The van der Waals surface area contributed by atoms with Crippen LogP contribution < -0.4 is 14.4 Å². The normalized spacial score (nSPS) is 15.2. The Kier molecular flexibility index (Phi) is 9.37. The highest BCUT2D eigenvalue weighted by atomic mass is 16.5. The van der Waals surface area contributed by atoms with Crippen LogP contribution in [0.4, 0.5) is 5.69 Å². The zero-order valence-electron chi connectivity index (χ0n) is 31.4. The molecule has 2 aliphatic rings. The lowest BCUT2D eigenvalue weighted by Gasteiger charge is -2.29. The maximum atomic E-state index is 13.5. The minimum atomic E-state index is -0.627. The SMILES string of the molecule is C=CC1=C(/C=C/Oc2ccc(C(C)(C)c3ccc(Oc4ccc5c(c4)C(=O)N(C(C)(C)C)C5=O)cc3)cc2)C(=O)N(c2cccc(C(C)(C)C)c2)C1=O. The first kappa shape index (κ1) is 36.8. The van der Waals surface area contributed by atoms with E-state index in [9.17, 15) is 19.2 Å². The van der Waals surface area contributed by atoms with Gasteiger partial charge in [0, 0.05) is 11.0 Å². The maximum Gasteiger partial charge on any atom is 0.266 e. The van der Waals surface area contributed by atoms with Crippen LogP contribution in [0, 0.1) is 0 Å². The Morgan fingerprint density at radius 1 is 0.585 bits per heavy atom. The third-order valence-electron chi connectivity index (χ3n) is 9.69. The number of amides is 4. The topological polar surface area (TPSA) is 93.2 Å². The minimum absolute atomic E-state index is 0.147. The molecule has 8 nitrogen and oxygen atoms in total. The van der Waals surface area contributed by atoms with Gasteiger partial charge in [-0.25, -0.2) is 4.90 Å². The Labute approximate surface area is 311 Å². The number of hydrogen-bond acceptors (Lipinski definition) is 6. The van der Waals surface area contributed by atoms with Gasteiger partial charge >= 0.3 is 0 Å². The zero-order chi connectivity index (χ0) is 38.5. The van der Waals surface area contributed by atoms with Crippen LogP contribution in [0.3, 0.4) is 0 Å². The molecule has 4 aromatic rings. The van der Waals surface area contributed by atoms with Gasteiger partial charge in [0.25, 0.3) is 23.6 Å². The van der Waals surface area contributed by atoms with Crippen molar-refractivity contribution >= 4 is 29.3 Å². The van der Waals surface area contributed by atoms with Gasteiger partial charge in [0.2, 0.25) is 0 Å². The number of fused-ring (bicyclic) bond motifs is 1. The first-order chi connectivity index (χ1) is 24.9. The molecule has 0 saturated carbocycles. The molecule has 8 heteroatoms. The van der Waals surface area contributed by atoms with Crippen LogP contribution in [0.1, 0.15) is 92.8 Å². The van der Waals surface area contributed by atoms with E-state index in [1.165, 1.54) is 28.2 Å². The fourth-order valence-corrected chi connectivity index (χ4v) is 6.53. The van der Waals surface area contributed by atoms with Crippen LogP contribution in [0.2, 0.25) is 0 Å². The fraction of sp³-hybridized carbons (Fsp3) is 0.244. The molecule has 53 heavy (non-hydrogen) atoms. The number of benzene rings is 4. The second-order valence-electron chi connectivity index (χ2n) is 15.8. The van der Waals surface area contributed by atoms with Gasteiger partial charge in [0.05, 0.1) is 34.2 Å². The molecular weight excluding hydrogens is 665 g/mol. The molecule has 2 heterocycles. The smallest absolute Gasteiger partial charge is 0.266 e. The van der Waals surface area contributed by atoms with Crippen molar-refractivity contribution in [2.75, 3.05) is 4.90 Å². The first-order valence-electron chi connectivity index (χ1n) is 17.5. The van der Waals surface area contributed by atoms with Crippen molar-refractivity contribution in [2.24, 2.45) is 0 Å². The molecule has 0 N–H and O–H groups in total. The Morgan fingerprint density at radius 3 is 1.74 bits per heavy atom. The average Bonchev–Trinajstić information content (AvgIpc) is 3.51. The number of carbonyl (C=O) groups excluding carboxylic acids is 4. The second kappa shape index (κ2) is 13.5. The van der Waals surface area contributed by atoms with E-state index in [2.05, 4.69) is 41.2 Å². The molecule has 0 saturated heterocycles. The number of carbonyl (C=O) groups is 4. The van der Waals surface area contributed by atoms with E-state index in [-0.39, 0.29) is 33.8 Å². The second-order valence-corrected chi connectivity index (χ2v) is 15.8. The summed E-state index contributed by atoms with van der Waals surface area (Å²) in [5.74, 6) is 0.163. The number of imide groups is 2. The summed E-state index contributed by atoms with van der Waals surface area (Å²) in [7, 11) is 0. The number of hydrogen-bond donors (Lipinski definition) is 0. The van der Waals surface area contributed by atoms with Gasteiger partial charge in [-0.1, -0.05) is 83.7 Å². The molecule has 0 aromatic heterocycles. The van der Waals surface area contributed by atoms with Gasteiger partial charge in [-0.2, -0.15) is 0 Å². The van der Waals surface area contributed by atoms with Gasteiger partial charge in [-0.15, -0.1) is 0 Å². The van der Waals surface area contributed by atoms with Gasteiger partial charge in [-0.3, -0.25) is 24.1 Å². The van der Waals surface area contributed by atoms with E-state index >= 15 is 0 Å². The molecule has 0 fully saturated rings. The highest BCUT2D eigenvalue weighted by Crippen LogP contribution is 2.37. The van der Waals surface area contributed by atoms with Gasteiger partial charge < -0.3 is 9.47 Å². The van der Waals surface area contributed by atoms with Crippen molar-refractivity contribution in [2.45, 2.75) is 71.8 Å². The van der Waals surface area contributed by atoms with E-state index in [0.29, 0.717) is 34.1 Å². The lowest BCUT2D eigenvalue weighted by molar-refractivity contribution is -0.120. The Bertz CT molecular complexity index is 2210. The van der Waals surface area contributed by atoms with Crippen molar-refractivity contribution in [1.82, 2.24) is 4.90 Å². The molecule has 4 aromatic carbocycles. The van der Waals surface area contributed by atoms with Crippen LogP contribution in [0.25, 0.3) is 0 Å². The molecule has 0 radical (unpaired) electrons. The average molecular weight is 709 g/mol. The van der Waals surface area contributed by atoms with E-state index in [1.807, 2.05) is 87.5 Å². The monoisotopic (exact) mass is 708 g/mol. The van der Waals surface area contributed by atoms with Crippen LogP contribution >= 0.6 is 0 Å². The molecule has 0 atom stereocenters. The van der Waals surface area contributed by atoms with Crippen LogP contribution in [0.5, 0.6) is 17.2 Å². The third-order valence-corrected chi connectivity index (χ3v) is 9.69. The standard InChI is InChI=1S/C45H44N2O6/c1-10-35-37(40(49)46(39(35)48)31-13-11-12-30(26-31)43(2,3)4)24-25-52-32-18-14-28(15-19-32)45(8,9)29-16-20-33(21-17-29)53-34-22-23-36-38(27-34)42(51)47(41(36)50)44(5,6)7/h10-27H,1H2,2-9H3/b25-24+. The lowest BCUT2D eigenvalue weighted by Crippen LogP contribution is -2.45. The summed E-state index contributed by atoms with van der Waals surface area (Å²) < 4.78 is 12.0. The summed E-state index contributed by atoms with van der Waals surface area (Å²) in [5.41, 5.74) is 3.65. The predicted octanol–water partition coefficient (Wildman–Crippen LogP) is 9.45. The molecule has 2 aliphatic heterocycles. The molecule has 270 valence electrons. The lowest BCUT2D eigenvalue weighted by atomic mass is 9.78. The number of rotatable bonds is 9.